The van der Waals surface area contributed by atoms with E-state index in [4.69, 9.17) is 0 Å². The average molecular weight is 212 g/mol. The number of unbranched alkanes of at least 4 members (excludes halogenated alkanes) is 2. The Kier molecular flexibility index (Phi) is 6.26. The Bertz CT molecular complexity index is 151. The van der Waals surface area contributed by atoms with Gasteiger partial charge in [0.05, 0.1) is 0 Å². The molecule has 0 spiro atoms. The fourth-order valence-corrected chi connectivity index (χ4v) is 2.60. The zero-order valence-corrected chi connectivity index (χ0v) is 10.8. The Morgan fingerprint density at radius 3 is 2.33 bits per heavy atom. The van der Waals surface area contributed by atoms with Gasteiger partial charge in [0.2, 0.25) is 0 Å². The summed E-state index contributed by atoms with van der Waals surface area (Å²) in [5.41, 5.74) is 0. The summed E-state index contributed by atoms with van der Waals surface area (Å²) in [4.78, 5) is 2.58. The van der Waals surface area contributed by atoms with Crippen molar-refractivity contribution in [2.24, 2.45) is 0 Å². The highest BCUT2D eigenvalue weighted by molar-refractivity contribution is 4.80. The molecule has 0 aromatic carbocycles. The van der Waals surface area contributed by atoms with Gasteiger partial charge in [-0.3, -0.25) is 0 Å². The molecule has 1 rings (SSSR count). The Labute approximate surface area is 95.4 Å². The van der Waals surface area contributed by atoms with Crippen molar-refractivity contribution in [1.82, 2.24) is 10.2 Å². The van der Waals surface area contributed by atoms with Crippen LogP contribution in [0.4, 0.5) is 0 Å². The standard InChI is InChI=1S/C13H28N2/c1-4-5-6-11-15(3)13-9-7-12(14-2)8-10-13/h12-14H,4-11H2,1-3H3. The smallest absolute Gasteiger partial charge is 0.00933 e. The third kappa shape index (κ3) is 4.52. The van der Waals surface area contributed by atoms with Gasteiger partial charge in [0.1, 0.15) is 0 Å². The van der Waals surface area contributed by atoms with E-state index in [1.807, 2.05) is 0 Å². The van der Waals surface area contributed by atoms with Crippen LogP contribution < -0.4 is 5.32 Å². The summed E-state index contributed by atoms with van der Waals surface area (Å²) in [5, 5.41) is 3.40. The van der Waals surface area contributed by atoms with E-state index in [9.17, 15) is 0 Å². The van der Waals surface area contributed by atoms with Crippen LogP contribution in [0.25, 0.3) is 0 Å². The molecule has 0 amide bonds. The molecular weight excluding hydrogens is 184 g/mol. The maximum atomic E-state index is 3.40. The summed E-state index contributed by atoms with van der Waals surface area (Å²) in [6.07, 6.45) is 9.58. The van der Waals surface area contributed by atoms with Crippen LogP contribution in [0.3, 0.4) is 0 Å². The Balaban J connectivity index is 2.15. The van der Waals surface area contributed by atoms with Crippen molar-refractivity contribution in [3.63, 3.8) is 0 Å². The van der Waals surface area contributed by atoms with Crippen molar-refractivity contribution in [3.8, 4) is 0 Å². The number of nitrogens with one attached hydrogen (secondary N) is 1. The van der Waals surface area contributed by atoms with E-state index in [0.29, 0.717) is 0 Å². The Morgan fingerprint density at radius 2 is 1.80 bits per heavy atom. The Hall–Kier alpha value is -0.0800. The Morgan fingerprint density at radius 1 is 1.13 bits per heavy atom. The summed E-state index contributed by atoms with van der Waals surface area (Å²) in [5.74, 6) is 0. The molecule has 2 nitrogen and oxygen atoms in total. The van der Waals surface area contributed by atoms with Gasteiger partial charge in [-0.2, -0.15) is 0 Å². The van der Waals surface area contributed by atoms with Crippen LogP contribution >= 0.6 is 0 Å². The minimum absolute atomic E-state index is 0.783. The highest BCUT2D eigenvalue weighted by atomic mass is 15.1. The predicted octanol–water partition coefficient (Wildman–Crippen LogP) is 2.64. The monoisotopic (exact) mass is 212 g/mol. The molecule has 1 aliphatic carbocycles. The van der Waals surface area contributed by atoms with E-state index in [0.717, 1.165) is 12.1 Å². The maximum absolute atomic E-state index is 3.40. The summed E-state index contributed by atoms with van der Waals surface area (Å²) in [6, 6.07) is 1.64. The first-order valence-corrected chi connectivity index (χ1v) is 6.65. The largest absolute Gasteiger partial charge is 0.317 e. The van der Waals surface area contributed by atoms with E-state index in [1.165, 1.54) is 51.5 Å². The molecule has 0 bridgehead atoms. The molecule has 0 aromatic heterocycles. The van der Waals surface area contributed by atoms with Crippen LogP contribution in [-0.2, 0) is 0 Å². The third-order valence-corrected chi connectivity index (χ3v) is 3.84. The molecule has 2 heteroatoms. The van der Waals surface area contributed by atoms with Crippen LogP contribution in [0.15, 0.2) is 0 Å². The van der Waals surface area contributed by atoms with Crippen LogP contribution in [0.5, 0.6) is 0 Å². The topological polar surface area (TPSA) is 15.3 Å². The summed E-state index contributed by atoms with van der Waals surface area (Å²) in [7, 11) is 4.40. The lowest BCUT2D eigenvalue weighted by Gasteiger charge is -2.34. The van der Waals surface area contributed by atoms with Gasteiger partial charge in [-0.25, -0.2) is 0 Å². The molecule has 15 heavy (non-hydrogen) atoms. The van der Waals surface area contributed by atoms with Crippen molar-refractivity contribution in [2.45, 2.75) is 64.0 Å². The summed E-state index contributed by atoms with van der Waals surface area (Å²) >= 11 is 0. The molecule has 0 radical (unpaired) electrons. The predicted molar refractivity (Wildman–Crippen MR) is 67.3 cm³/mol. The molecule has 1 fully saturated rings. The van der Waals surface area contributed by atoms with Gasteiger partial charge >= 0.3 is 0 Å². The highest BCUT2D eigenvalue weighted by Crippen LogP contribution is 2.22. The van der Waals surface area contributed by atoms with Crippen LogP contribution in [-0.4, -0.2) is 37.6 Å². The van der Waals surface area contributed by atoms with Crippen LogP contribution in [0, 0.1) is 0 Å². The van der Waals surface area contributed by atoms with Crippen molar-refractivity contribution in [2.75, 3.05) is 20.6 Å². The normalized spacial score (nSPS) is 27.2. The second-order valence-electron chi connectivity index (χ2n) is 4.98. The first-order chi connectivity index (χ1) is 7.27. The van der Waals surface area contributed by atoms with E-state index in [-0.39, 0.29) is 0 Å². The summed E-state index contributed by atoms with van der Waals surface area (Å²) < 4.78 is 0. The highest BCUT2D eigenvalue weighted by Gasteiger charge is 2.22. The first-order valence-electron chi connectivity index (χ1n) is 6.65. The van der Waals surface area contributed by atoms with Gasteiger partial charge in [-0.1, -0.05) is 19.8 Å². The fraction of sp³-hybridized carbons (Fsp3) is 1.00. The molecule has 90 valence electrons. The van der Waals surface area contributed by atoms with E-state index < -0.39 is 0 Å². The van der Waals surface area contributed by atoms with Gasteiger partial charge in [-0.05, 0) is 52.7 Å². The molecule has 1 saturated carbocycles. The minimum atomic E-state index is 0.783. The number of hydrogen-bond donors (Lipinski definition) is 1. The van der Waals surface area contributed by atoms with Crippen molar-refractivity contribution >= 4 is 0 Å². The molecule has 0 heterocycles. The lowest BCUT2D eigenvalue weighted by molar-refractivity contribution is 0.174. The average Bonchev–Trinajstić information content (AvgIpc) is 2.29. The quantitative estimate of drug-likeness (QED) is 0.681. The molecule has 1 N–H and O–H groups in total. The molecule has 0 saturated heterocycles. The van der Waals surface area contributed by atoms with Crippen LogP contribution in [0.1, 0.15) is 51.9 Å². The van der Waals surface area contributed by atoms with Gasteiger partial charge in [0, 0.05) is 12.1 Å². The number of nitrogens with zero attached hydrogens (tertiary/aromatic N) is 1. The van der Waals surface area contributed by atoms with E-state index >= 15 is 0 Å². The zero-order chi connectivity index (χ0) is 11.1. The van der Waals surface area contributed by atoms with Gasteiger partial charge < -0.3 is 10.2 Å². The van der Waals surface area contributed by atoms with Gasteiger partial charge in [0.15, 0.2) is 0 Å². The number of rotatable bonds is 6. The summed E-state index contributed by atoms with van der Waals surface area (Å²) in [6.45, 7) is 3.57. The fourth-order valence-electron chi connectivity index (χ4n) is 2.60. The van der Waals surface area contributed by atoms with Gasteiger partial charge in [-0.15, -0.1) is 0 Å². The lowest BCUT2D eigenvalue weighted by atomic mass is 9.90. The molecule has 0 aromatic rings. The van der Waals surface area contributed by atoms with Crippen molar-refractivity contribution in [1.29, 1.82) is 0 Å². The lowest BCUT2D eigenvalue weighted by Crippen LogP contribution is -2.40. The second-order valence-corrected chi connectivity index (χ2v) is 4.98. The van der Waals surface area contributed by atoms with Crippen LogP contribution in [0.2, 0.25) is 0 Å². The minimum Gasteiger partial charge on any atom is -0.317 e. The third-order valence-electron chi connectivity index (χ3n) is 3.84. The van der Waals surface area contributed by atoms with Crippen molar-refractivity contribution in [3.05, 3.63) is 0 Å². The van der Waals surface area contributed by atoms with Gasteiger partial charge in [0.25, 0.3) is 0 Å². The first kappa shape index (κ1) is 13.0. The van der Waals surface area contributed by atoms with Crippen molar-refractivity contribution < 1.29 is 0 Å². The zero-order valence-electron chi connectivity index (χ0n) is 10.8. The van der Waals surface area contributed by atoms with E-state index in [1.54, 1.807) is 0 Å². The molecule has 1 aliphatic rings. The molecule has 0 unspecified atom stereocenters. The molecule has 0 aliphatic heterocycles. The van der Waals surface area contributed by atoms with E-state index in [2.05, 4.69) is 31.2 Å². The maximum Gasteiger partial charge on any atom is 0.00933 e. The SMILES string of the molecule is CCCCCN(C)C1CCC(NC)CC1. The molecule has 0 atom stereocenters. The second kappa shape index (κ2) is 7.24. The molecular formula is C13H28N2. The number of hydrogen-bond acceptors (Lipinski definition) is 2.